The Kier molecular flexibility index (Phi) is 3.73. The lowest BCUT2D eigenvalue weighted by Crippen LogP contribution is -2.22. The summed E-state index contributed by atoms with van der Waals surface area (Å²) in [7, 11) is 0. The molecule has 0 unspecified atom stereocenters. The molecule has 70 valence electrons. The summed E-state index contributed by atoms with van der Waals surface area (Å²) in [5.41, 5.74) is 6.02. The number of hydrogen-bond acceptors (Lipinski definition) is 3. The van der Waals surface area contributed by atoms with Crippen molar-refractivity contribution in [3.8, 4) is 0 Å². The number of ketones is 1. The molecule has 0 aliphatic carbocycles. The topological polar surface area (TPSA) is 55.1 Å². The van der Waals surface area contributed by atoms with Crippen LogP contribution in [0, 0.1) is 0 Å². The molecule has 0 aliphatic heterocycles. The molecule has 0 radical (unpaired) electrons. The molecule has 0 amide bonds. The molecular formula is C9H11ClN2O. The van der Waals surface area contributed by atoms with Crippen molar-refractivity contribution in [2.24, 2.45) is 5.73 Å². The van der Waals surface area contributed by atoms with Gasteiger partial charge in [0.05, 0.1) is 13.1 Å². The van der Waals surface area contributed by atoms with E-state index < -0.39 is 0 Å². The first-order chi connectivity index (χ1) is 6.22. The lowest BCUT2D eigenvalue weighted by atomic mass is 10.3. The second-order valence-corrected chi connectivity index (χ2v) is 3.04. The van der Waals surface area contributed by atoms with E-state index in [0.717, 1.165) is 5.69 Å². The number of Topliss-reactive ketones (excluding diaryl/α,β-unsaturated/α-hetero) is 1. The van der Waals surface area contributed by atoms with E-state index in [1.807, 2.05) is 12.1 Å². The number of nitrogens with two attached hydrogens (primary N) is 1. The standard InChI is InChI=1S/C9H11ClN2O/c10-7-1-3-8(4-2-7)12-6-9(13)5-11/h1-4,12H,5-6,11H2. The van der Waals surface area contributed by atoms with Gasteiger partial charge in [0.2, 0.25) is 0 Å². The van der Waals surface area contributed by atoms with Crippen LogP contribution in [0.4, 0.5) is 5.69 Å². The first-order valence-electron chi connectivity index (χ1n) is 3.93. The Hall–Kier alpha value is -1.06. The molecule has 1 aromatic carbocycles. The van der Waals surface area contributed by atoms with Crippen molar-refractivity contribution in [3.63, 3.8) is 0 Å². The van der Waals surface area contributed by atoms with Crippen LogP contribution in [0.3, 0.4) is 0 Å². The summed E-state index contributed by atoms with van der Waals surface area (Å²) < 4.78 is 0. The molecule has 4 heteroatoms. The highest BCUT2D eigenvalue weighted by Crippen LogP contribution is 2.12. The van der Waals surface area contributed by atoms with E-state index in [9.17, 15) is 4.79 Å². The molecule has 0 atom stereocenters. The number of nitrogens with one attached hydrogen (secondary N) is 1. The maximum absolute atomic E-state index is 10.8. The predicted molar refractivity (Wildman–Crippen MR) is 54.0 cm³/mol. The molecule has 1 rings (SSSR count). The molecule has 3 N–H and O–H groups in total. The summed E-state index contributed by atoms with van der Waals surface area (Å²) in [5.74, 6) is -0.0186. The van der Waals surface area contributed by atoms with Gasteiger partial charge in [0.15, 0.2) is 5.78 Å². The minimum absolute atomic E-state index is 0.0186. The van der Waals surface area contributed by atoms with E-state index in [-0.39, 0.29) is 18.9 Å². The minimum atomic E-state index is -0.0186. The molecule has 0 fully saturated rings. The number of rotatable bonds is 4. The van der Waals surface area contributed by atoms with E-state index >= 15 is 0 Å². The van der Waals surface area contributed by atoms with Crippen LogP contribution in [-0.2, 0) is 4.79 Å². The van der Waals surface area contributed by atoms with Crippen molar-refractivity contribution in [1.82, 2.24) is 0 Å². The van der Waals surface area contributed by atoms with Gasteiger partial charge in [-0.05, 0) is 24.3 Å². The Morgan fingerprint density at radius 1 is 1.38 bits per heavy atom. The highest BCUT2D eigenvalue weighted by molar-refractivity contribution is 6.30. The fourth-order valence-electron chi connectivity index (χ4n) is 0.841. The number of carbonyl (C=O) groups is 1. The number of halogens is 1. The van der Waals surface area contributed by atoms with Crippen LogP contribution in [0.1, 0.15) is 0 Å². The van der Waals surface area contributed by atoms with Gasteiger partial charge in [-0.25, -0.2) is 0 Å². The molecule has 0 spiro atoms. The van der Waals surface area contributed by atoms with E-state index in [2.05, 4.69) is 5.32 Å². The van der Waals surface area contributed by atoms with Crippen LogP contribution in [0.25, 0.3) is 0 Å². The summed E-state index contributed by atoms with van der Waals surface area (Å²) in [6, 6.07) is 7.14. The maximum atomic E-state index is 10.8. The van der Waals surface area contributed by atoms with Gasteiger partial charge in [-0.1, -0.05) is 11.6 Å². The fraction of sp³-hybridized carbons (Fsp3) is 0.222. The molecule has 0 heterocycles. The lowest BCUT2D eigenvalue weighted by molar-refractivity contribution is -0.116. The molecule has 0 bridgehead atoms. The van der Waals surface area contributed by atoms with Crippen LogP contribution in [0.15, 0.2) is 24.3 Å². The molecular weight excluding hydrogens is 188 g/mol. The highest BCUT2D eigenvalue weighted by Gasteiger charge is 1.97. The van der Waals surface area contributed by atoms with Crippen LogP contribution in [-0.4, -0.2) is 18.9 Å². The number of benzene rings is 1. The Bertz CT molecular complexity index is 284. The van der Waals surface area contributed by atoms with Crippen molar-refractivity contribution in [2.45, 2.75) is 0 Å². The van der Waals surface area contributed by atoms with Gasteiger partial charge in [0, 0.05) is 10.7 Å². The highest BCUT2D eigenvalue weighted by atomic mass is 35.5. The first-order valence-corrected chi connectivity index (χ1v) is 4.31. The average molecular weight is 199 g/mol. The zero-order valence-electron chi connectivity index (χ0n) is 7.09. The van der Waals surface area contributed by atoms with Crippen molar-refractivity contribution >= 4 is 23.1 Å². The van der Waals surface area contributed by atoms with Gasteiger partial charge < -0.3 is 11.1 Å². The van der Waals surface area contributed by atoms with Crippen molar-refractivity contribution in [1.29, 1.82) is 0 Å². The zero-order valence-corrected chi connectivity index (χ0v) is 7.84. The first kappa shape index (κ1) is 10.0. The third-order valence-corrected chi connectivity index (χ3v) is 1.81. The summed E-state index contributed by atoms with van der Waals surface area (Å²) in [5, 5.41) is 3.61. The Labute approximate surface area is 81.9 Å². The quantitative estimate of drug-likeness (QED) is 0.767. The normalized spacial score (nSPS) is 9.69. The van der Waals surface area contributed by atoms with Gasteiger partial charge in [-0.2, -0.15) is 0 Å². The van der Waals surface area contributed by atoms with E-state index in [1.54, 1.807) is 12.1 Å². The van der Waals surface area contributed by atoms with Gasteiger partial charge in [0.1, 0.15) is 0 Å². The average Bonchev–Trinajstić information content (AvgIpc) is 2.16. The maximum Gasteiger partial charge on any atom is 0.165 e. The number of hydrogen-bond donors (Lipinski definition) is 2. The zero-order chi connectivity index (χ0) is 9.68. The van der Waals surface area contributed by atoms with Gasteiger partial charge in [0.25, 0.3) is 0 Å². The van der Waals surface area contributed by atoms with Gasteiger partial charge in [-0.3, -0.25) is 4.79 Å². The van der Waals surface area contributed by atoms with Crippen LogP contribution in [0.2, 0.25) is 5.02 Å². The smallest absolute Gasteiger partial charge is 0.165 e. The van der Waals surface area contributed by atoms with Gasteiger partial charge >= 0.3 is 0 Å². The summed E-state index contributed by atoms with van der Waals surface area (Å²) in [6.07, 6.45) is 0. The largest absolute Gasteiger partial charge is 0.378 e. The minimum Gasteiger partial charge on any atom is -0.378 e. The van der Waals surface area contributed by atoms with Crippen LogP contribution in [0.5, 0.6) is 0 Å². The van der Waals surface area contributed by atoms with Gasteiger partial charge in [-0.15, -0.1) is 0 Å². The monoisotopic (exact) mass is 198 g/mol. The fourth-order valence-corrected chi connectivity index (χ4v) is 0.967. The number of carbonyl (C=O) groups excluding carboxylic acids is 1. The molecule has 0 aliphatic rings. The Morgan fingerprint density at radius 2 is 2.00 bits per heavy atom. The Morgan fingerprint density at radius 3 is 2.54 bits per heavy atom. The summed E-state index contributed by atoms with van der Waals surface area (Å²) in [4.78, 5) is 10.8. The second-order valence-electron chi connectivity index (χ2n) is 2.60. The van der Waals surface area contributed by atoms with Crippen molar-refractivity contribution in [3.05, 3.63) is 29.3 Å². The Balaban J connectivity index is 2.46. The predicted octanol–water partition coefficient (Wildman–Crippen LogP) is 1.28. The van der Waals surface area contributed by atoms with Crippen LogP contribution >= 0.6 is 11.6 Å². The van der Waals surface area contributed by atoms with E-state index in [0.29, 0.717) is 5.02 Å². The molecule has 0 saturated heterocycles. The number of anilines is 1. The van der Waals surface area contributed by atoms with Crippen molar-refractivity contribution in [2.75, 3.05) is 18.4 Å². The molecule has 1 aromatic rings. The van der Waals surface area contributed by atoms with Crippen molar-refractivity contribution < 1.29 is 4.79 Å². The third kappa shape index (κ3) is 3.44. The SMILES string of the molecule is NCC(=O)CNc1ccc(Cl)cc1. The molecule has 3 nitrogen and oxygen atoms in total. The lowest BCUT2D eigenvalue weighted by Gasteiger charge is -2.03. The second kappa shape index (κ2) is 4.84. The third-order valence-electron chi connectivity index (χ3n) is 1.56. The molecule has 0 aromatic heterocycles. The summed E-state index contributed by atoms with van der Waals surface area (Å²) in [6.45, 7) is 0.332. The summed E-state index contributed by atoms with van der Waals surface area (Å²) >= 11 is 5.69. The van der Waals surface area contributed by atoms with E-state index in [1.165, 1.54) is 0 Å². The molecule has 0 saturated carbocycles. The van der Waals surface area contributed by atoms with Crippen LogP contribution < -0.4 is 11.1 Å². The molecule has 13 heavy (non-hydrogen) atoms. The van der Waals surface area contributed by atoms with E-state index in [4.69, 9.17) is 17.3 Å².